The summed E-state index contributed by atoms with van der Waals surface area (Å²) in [7, 11) is 0. The van der Waals surface area contributed by atoms with Gasteiger partial charge in [-0.1, -0.05) is 40.3 Å². The van der Waals surface area contributed by atoms with E-state index in [4.69, 9.17) is 9.47 Å². The van der Waals surface area contributed by atoms with Crippen molar-refractivity contribution in [3.05, 3.63) is 25.3 Å². The zero-order chi connectivity index (χ0) is 21.3. The van der Waals surface area contributed by atoms with Gasteiger partial charge in [0, 0.05) is 12.2 Å². The zero-order valence-electron chi connectivity index (χ0n) is 16.9. The second kappa shape index (κ2) is 10.6. The predicted molar refractivity (Wildman–Crippen MR) is 103 cm³/mol. The van der Waals surface area contributed by atoms with Crippen LogP contribution in [-0.4, -0.2) is 65.5 Å². The summed E-state index contributed by atoms with van der Waals surface area (Å²) < 4.78 is 9.94. The third kappa shape index (κ3) is 4.79. The molecule has 28 heavy (non-hydrogen) atoms. The molecule has 0 aromatic carbocycles. The largest absolute Gasteiger partial charge is 0.461 e. The molecule has 0 spiro atoms. The molecule has 8 nitrogen and oxygen atoms in total. The van der Waals surface area contributed by atoms with Gasteiger partial charge in [0.15, 0.2) is 0 Å². The van der Waals surface area contributed by atoms with E-state index in [0.717, 1.165) is 29.9 Å². The summed E-state index contributed by atoms with van der Waals surface area (Å²) in [4.78, 5) is 51.4. The number of hydrogen-bond donors (Lipinski definition) is 0. The molecular weight excluding hydrogens is 364 g/mol. The zero-order valence-corrected chi connectivity index (χ0v) is 16.9. The Bertz CT molecular complexity index is 632. The highest BCUT2D eigenvalue weighted by molar-refractivity contribution is 6.07. The van der Waals surface area contributed by atoms with Crippen LogP contribution in [0.5, 0.6) is 0 Å². The molecular formula is C20H30N2O6. The maximum absolute atomic E-state index is 13.3. The topological polar surface area (TPSA) is 93.2 Å². The maximum Gasteiger partial charge on any atom is 0.330 e. The van der Waals surface area contributed by atoms with Crippen LogP contribution >= 0.6 is 0 Å². The molecule has 1 heterocycles. The van der Waals surface area contributed by atoms with Gasteiger partial charge in [0.25, 0.3) is 5.91 Å². The molecule has 0 bridgehead atoms. The minimum atomic E-state index is -1.02. The molecule has 1 saturated heterocycles. The SMILES string of the molecule is C=CC(=O)OCCN1C(=O)N(CCOC(=O)C=C)C(CC)(C(C)CCC)C1=O. The molecule has 0 aromatic rings. The number of carbonyl (C=O) groups is 4. The highest BCUT2D eigenvalue weighted by Gasteiger charge is 2.58. The molecule has 3 amide bonds. The number of imide groups is 1. The van der Waals surface area contributed by atoms with Crippen LogP contribution in [0, 0.1) is 5.92 Å². The van der Waals surface area contributed by atoms with E-state index in [-0.39, 0.29) is 38.1 Å². The number of esters is 2. The van der Waals surface area contributed by atoms with E-state index < -0.39 is 23.5 Å². The normalized spacial score (nSPS) is 20.1. The first kappa shape index (κ1) is 23.4. The first-order valence-corrected chi connectivity index (χ1v) is 9.51. The lowest BCUT2D eigenvalue weighted by Gasteiger charge is -2.39. The summed E-state index contributed by atoms with van der Waals surface area (Å²) in [6.45, 7) is 12.4. The average molecular weight is 394 g/mol. The number of ether oxygens (including phenoxy) is 2. The fourth-order valence-electron chi connectivity index (χ4n) is 3.68. The van der Waals surface area contributed by atoms with Gasteiger partial charge in [-0.15, -0.1) is 0 Å². The smallest absolute Gasteiger partial charge is 0.330 e. The van der Waals surface area contributed by atoms with Crippen molar-refractivity contribution in [2.45, 2.75) is 45.6 Å². The van der Waals surface area contributed by atoms with E-state index in [9.17, 15) is 19.2 Å². The Hall–Kier alpha value is -2.64. The number of carbonyl (C=O) groups excluding carboxylic acids is 4. The number of nitrogens with zero attached hydrogens (tertiary/aromatic N) is 2. The van der Waals surface area contributed by atoms with E-state index in [2.05, 4.69) is 13.2 Å². The second-order valence-corrected chi connectivity index (χ2v) is 6.60. The van der Waals surface area contributed by atoms with Crippen molar-refractivity contribution >= 4 is 23.9 Å². The fraction of sp³-hybridized carbons (Fsp3) is 0.600. The monoisotopic (exact) mass is 394 g/mol. The van der Waals surface area contributed by atoms with Gasteiger partial charge in [-0.3, -0.25) is 9.69 Å². The van der Waals surface area contributed by atoms with Crippen molar-refractivity contribution in [3.8, 4) is 0 Å². The van der Waals surface area contributed by atoms with Crippen LogP contribution in [0.15, 0.2) is 25.3 Å². The third-order valence-corrected chi connectivity index (χ3v) is 5.09. The number of urea groups is 1. The summed E-state index contributed by atoms with van der Waals surface area (Å²) in [5.41, 5.74) is -1.02. The van der Waals surface area contributed by atoms with Gasteiger partial charge in [0.1, 0.15) is 18.8 Å². The average Bonchev–Trinajstić information content (AvgIpc) is 2.89. The van der Waals surface area contributed by atoms with Crippen molar-refractivity contribution < 1.29 is 28.7 Å². The highest BCUT2D eigenvalue weighted by Crippen LogP contribution is 2.39. The predicted octanol–water partition coefficient (Wildman–Crippen LogP) is 2.29. The highest BCUT2D eigenvalue weighted by atomic mass is 16.5. The Balaban J connectivity index is 3.07. The quantitative estimate of drug-likeness (QED) is 0.286. The van der Waals surface area contributed by atoms with Crippen molar-refractivity contribution in [2.75, 3.05) is 26.3 Å². The Morgan fingerprint density at radius 1 is 1.07 bits per heavy atom. The van der Waals surface area contributed by atoms with E-state index in [1.807, 2.05) is 20.8 Å². The van der Waals surface area contributed by atoms with Crippen molar-refractivity contribution in [1.29, 1.82) is 0 Å². The summed E-state index contributed by atoms with van der Waals surface area (Å²) in [6, 6.07) is -0.473. The van der Waals surface area contributed by atoms with Gasteiger partial charge in [0.05, 0.1) is 13.1 Å². The van der Waals surface area contributed by atoms with E-state index in [0.29, 0.717) is 6.42 Å². The Morgan fingerprint density at radius 2 is 1.61 bits per heavy atom. The van der Waals surface area contributed by atoms with Gasteiger partial charge >= 0.3 is 18.0 Å². The second-order valence-electron chi connectivity index (χ2n) is 6.60. The molecule has 1 aliphatic rings. The molecule has 1 rings (SSSR count). The molecule has 0 aromatic heterocycles. The summed E-state index contributed by atoms with van der Waals surface area (Å²) in [6.07, 6.45) is 4.12. The van der Waals surface area contributed by atoms with E-state index in [1.165, 1.54) is 4.90 Å². The van der Waals surface area contributed by atoms with Crippen LogP contribution in [0.4, 0.5) is 4.79 Å². The van der Waals surface area contributed by atoms with Crippen LogP contribution in [0.1, 0.15) is 40.0 Å². The molecule has 0 saturated carbocycles. The Morgan fingerprint density at radius 3 is 2.07 bits per heavy atom. The van der Waals surface area contributed by atoms with E-state index in [1.54, 1.807) is 0 Å². The molecule has 2 atom stereocenters. The van der Waals surface area contributed by atoms with Crippen LogP contribution in [-0.2, 0) is 23.9 Å². The van der Waals surface area contributed by atoms with Gasteiger partial charge in [-0.05, 0) is 18.8 Å². The summed E-state index contributed by atoms with van der Waals surface area (Å²) in [5.74, 6) is -1.61. The van der Waals surface area contributed by atoms with Crippen LogP contribution in [0.2, 0.25) is 0 Å². The maximum atomic E-state index is 13.3. The van der Waals surface area contributed by atoms with Gasteiger partial charge in [-0.25, -0.2) is 14.4 Å². The van der Waals surface area contributed by atoms with Crippen LogP contribution < -0.4 is 0 Å². The van der Waals surface area contributed by atoms with Crippen LogP contribution in [0.25, 0.3) is 0 Å². The van der Waals surface area contributed by atoms with E-state index >= 15 is 0 Å². The van der Waals surface area contributed by atoms with Gasteiger partial charge in [-0.2, -0.15) is 0 Å². The van der Waals surface area contributed by atoms with Crippen molar-refractivity contribution in [3.63, 3.8) is 0 Å². The fourth-order valence-corrected chi connectivity index (χ4v) is 3.68. The minimum absolute atomic E-state index is 0.0379. The minimum Gasteiger partial charge on any atom is -0.461 e. The molecule has 0 N–H and O–H groups in total. The van der Waals surface area contributed by atoms with Gasteiger partial charge in [0.2, 0.25) is 0 Å². The molecule has 1 aliphatic heterocycles. The number of rotatable bonds is 12. The number of hydrogen-bond acceptors (Lipinski definition) is 6. The van der Waals surface area contributed by atoms with Crippen molar-refractivity contribution in [1.82, 2.24) is 9.80 Å². The molecule has 1 fully saturated rings. The lowest BCUT2D eigenvalue weighted by atomic mass is 9.78. The molecule has 0 radical (unpaired) electrons. The van der Waals surface area contributed by atoms with Crippen molar-refractivity contribution in [2.24, 2.45) is 5.92 Å². The molecule has 156 valence electrons. The Kier molecular flexibility index (Phi) is 8.88. The molecule has 0 aliphatic carbocycles. The standard InChI is InChI=1S/C20H30N2O6/c1-6-10-15(5)20(9-4)18(25)21(11-13-27-16(23)7-2)19(26)22(20)12-14-28-17(24)8-3/h7-8,15H,2-3,6,9-14H2,1,4-5H3. The summed E-state index contributed by atoms with van der Waals surface area (Å²) >= 11 is 0. The first-order chi connectivity index (χ1) is 13.3. The van der Waals surface area contributed by atoms with Gasteiger partial charge < -0.3 is 14.4 Å². The molecule has 2 unspecified atom stereocenters. The first-order valence-electron chi connectivity index (χ1n) is 9.51. The lowest BCUT2D eigenvalue weighted by molar-refractivity contribution is -0.142. The molecule has 8 heteroatoms. The Labute approximate surface area is 166 Å². The lowest BCUT2D eigenvalue weighted by Crippen LogP contribution is -2.55. The van der Waals surface area contributed by atoms with Crippen LogP contribution in [0.3, 0.4) is 0 Å². The number of amides is 3. The third-order valence-electron chi connectivity index (χ3n) is 5.09. The summed E-state index contributed by atoms with van der Waals surface area (Å²) in [5, 5.41) is 0.